The van der Waals surface area contributed by atoms with Gasteiger partial charge in [-0.15, -0.1) is 0 Å². The first-order valence-corrected chi connectivity index (χ1v) is 17.1. The van der Waals surface area contributed by atoms with Crippen molar-refractivity contribution in [1.29, 1.82) is 0 Å². The van der Waals surface area contributed by atoms with E-state index in [0.717, 1.165) is 11.5 Å². The normalized spacial score (nSPS) is 23.3. The zero-order chi connectivity index (χ0) is 35.6. The second kappa shape index (κ2) is 14.4. The molecule has 0 aliphatic carbocycles. The number of hydrogen-bond donors (Lipinski definition) is 1. The zero-order valence-corrected chi connectivity index (χ0v) is 30.7. The molecule has 0 aromatic heterocycles. The van der Waals surface area contributed by atoms with Crippen LogP contribution in [0.2, 0.25) is 0 Å². The minimum atomic E-state index is -0.793. The highest BCUT2D eigenvalue weighted by molar-refractivity contribution is 5.41. The first kappa shape index (κ1) is 36.8. The van der Waals surface area contributed by atoms with Gasteiger partial charge in [0.05, 0.1) is 0 Å². The lowest BCUT2D eigenvalue weighted by Crippen LogP contribution is -2.34. The Kier molecular flexibility index (Phi) is 10.8. The van der Waals surface area contributed by atoms with Gasteiger partial charge in [0.15, 0.2) is 11.6 Å². The van der Waals surface area contributed by atoms with Gasteiger partial charge in [-0.25, -0.2) is 0 Å². The quantitative estimate of drug-likeness (QED) is 0.205. The van der Waals surface area contributed by atoms with Crippen LogP contribution in [0.25, 0.3) is 0 Å². The van der Waals surface area contributed by atoms with Crippen LogP contribution < -0.4 is 18.9 Å². The number of ether oxygens (including phenoxy) is 8. The number of benzene rings is 3. The van der Waals surface area contributed by atoms with Gasteiger partial charge < -0.3 is 43.0 Å². The van der Waals surface area contributed by atoms with Crippen molar-refractivity contribution in [3.63, 3.8) is 0 Å². The second-order valence-electron chi connectivity index (χ2n) is 15.9. The van der Waals surface area contributed by atoms with Crippen LogP contribution in [-0.2, 0) is 29.8 Å². The van der Waals surface area contributed by atoms with Gasteiger partial charge in [-0.3, -0.25) is 0 Å². The van der Waals surface area contributed by atoms with Crippen LogP contribution in [0.3, 0.4) is 0 Å². The number of phenolic OH excluding ortho intramolecular Hbond substituents is 1. The van der Waals surface area contributed by atoms with Crippen LogP contribution in [0, 0.1) is 0 Å². The van der Waals surface area contributed by atoms with Gasteiger partial charge in [0, 0.05) is 18.2 Å². The molecule has 4 atom stereocenters. The summed E-state index contributed by atoms with van der Waals surface area (Å²) in [5.74, 6) is 0.819. The number of hydrogen-bond acceptors (Lipinski definition) is 9. The summed E-state index contributed by atoms with van der Waals surface area (Å²) in [6.45, 7) is 21.5. The Morgan fingerprint density at radius 3 is 1.06 bits per heavy atom. The number of rotatable bonds is 12. The maximum absolute atomic E-state index is 10.5. The largest absolute Gasteiger partial charge is 0.508 e. The third kappa shape index (κ3) is 10.3. The second-order valence-corrected chi connectivity index (χ2v) is 15.9. The Labute approximate surface area is 291 Å². The fourth-order valence-electron chi connectivity index (χ4n) is 5.92. The van der Waals surface area contributed by atoms with Crippen molar-refractivity contribution in [2.75, 3.05) is 26.4 Å². The highest BCUT2D eigenvalue weighted by atomic mass is 16.8. The topological polar surface area (TPSA) is 94.1 Å². The molecule has 268 valence electrons. The van der Waals surface area contributed by atoms with Crippen molar-refractivity contribution in [3.8, 4) is 28.7 Å². The molecule has 5 rings (SSSR count). The molecule has 3 aromatic carbocycles. The summed E-state index contributed by atoms with van der Waals surface area (Å²) in [4.78, 5) is 0. The van der Waals surface area contributed by atoms with Crippen molar-refractivity contribution < 1.29 is 43.0 Å². The fourth-order valence-corrected chi connectivity index (χ4v) is 5.92. The molecule has 0 spiro atoms. The Morgan fingerprint density at radius 2 is 0.776 bits per heavy atom. The van der Waals surface area contributed by atoms with E-state index in [0.29, 0.717) is 24.7 Å². The highest BCUT2D eigenvalue weighted by Gasteiger charge is 2.43. The third-order valence-corrected chi connectivity index (χ3v) is 8.53. The van der Waals surface area contributed by atoms with Crippen LogP contribution in [0.4, 0.5) is 0 Å². The van der Waals surface area contributed by atoms with E-state index < -0.39 is 23.8 Å². The summed E-state index contributed by atoms with van der Waals surface area (Å²) < 4.78 is 49.0. The van der Waals surface area contributed by atoms with Gasteiger partial charge >= 0.3 is 0 Å². The minimum Gasteiger partial charge on any atom is -0.508 e. The summed E-state index contributed by atoms with van der Waals surface area (Å²) >= 11 is 0. The van der Waals surface area contributed by atoms with E-state index in [1.807, 2.05) is 52.0 Å². The molecule has 2 heterocycles. The van der Waals surface area contributed by atoms with Gasteiger partial charge in [-0.2, -0.15) is 0 Å². The Morgan fingerprint density at radius 1 is 0.490 bits per heavy atom. The van der Waals surface area contributed by atoms with Gasteiger partial charge in [0.1, 0.15) is 79.6 Å². The lowest BCUT2D eigenvalue weighted by atomic mass is 9.87. The smallest absolute Gasteiger partial charge is 0.164 e. The third-order valence-electron chi connectivity index (χ3n) is 8.53. The van der Waals surface area contributed by atoms with E-state index in [-0.39, 0.29) is 42.0 Å². The van der Waals surface area contributed by atoms with Gasteiger partial charge in [0.2, 0.25) is 0 Å². The maximum Gasteiger partial charge on any atom is 0.164 e. The standard InChI is InChI=1S/C40H54O9/c1-37(2,3)26-11-15-29(16-12-26)42-22-33-35(48-39(7,8)46-33)24-44-31-19-28(41)20-32(21-31)45-25-36-34(47-40(9,10)49-36)23-43-30-17-13-27(14-18-30)38(4,5)6/h11-21,33-36,41H,22-25H2,1-10H3/t33-,34-,35-,36-/m0/s1. The first-order chi connectivity index (χ1) is 22.9. The summed E-state index contributed by atoms with van der Waals surface area (Å²) in [7, 11) is 0. The predicted molar refractivity (Wildman–Crippen MR) is 188 cm³/mol. The lowest BCUT2D eigenvalue weighted by molar-refractivity contribution is -0.150. The van der Waals surface area contributed by atoms with Crippen LogP contribution in [-0.4, -0.2) is 67.5 Å². The summed E-state index contributed by atoms with van der Waals surface area (Å²) in [6.07, 6.45) is -1.51. The van der Waals surface area contributed by atoms with Crippen molar-refractivity contribution in [2.24, 2.45) is 0 Å². The van der Waals surface area contributed by atoms with Crippen molar-refractivity contribution >= 4 is 0 Å². The number of phenols is 1. The molecule has 2 fully saturated rings. The van der Waals surface area contributed by atoms with E-state index >= 15 is 0 Å². The van der Waals surface area contributed by atoms with Crippen LogP contribution in [0.1, 0.15) is 80.4 Å². The molecule has 0 radical (unpaired) electrons. The molecule has 3 aromatic rings. The van der Waals surface area contributed by atoms with Crippen LogP contribution in [0.15, 0.2) is 66.7 Å². The SMILES string of the molecule is CC1(C)O[C@@H](COc2ccc(C(C)(C)C)cc2)[C@H](COc2cc(O)cc(OC[C@@H]3OC(C)(C)O[C@H]3COc3ccc(C(C)(C)C)cc3)c2)O1. The van der Waals surface area contributed by atoms with Crippen molar-refractivity contribution in [2.45, 2.75) is 116 Å². The maximum atomic E-state index is 10.5. The van der Waals surface area contributed by atoms with Gasteiger partial charge in [0.25, 0.3) is 0 Å². The van der Waals surface area contributed by atoms with Crippen molar-refractivity contribution in [1.82, 2.24) is 0 Å². The highest BCUT2D eigenvalue weighted by Crippen LogP contribution is 2.34. The average Bonchev–Trinajstić information content (AvgIpc) is 3.48. The zero-order valence-electron chi connectivity index (χ0n) is 30.7. The molecule has 0 unspecified atom stereocenters. The molecule has 1 N–H and O–H groups in total. The average molecular weight is 679 g/mol. The Hall–Kier alpha value is -3.50. The molecule has 0 amide bonds. The lowest BCUT2D eigenvalue weighted by Gasteiger charge is -2.21. The summed E-state index contributed by atoms with van der Waals surface area (Å²) in [6, 6.07) is 21.1. The van der Waals surface area contributed by atoms with E-state index in [2.05, 4.69) is 65.8 Å². The molecular weight excluding hydrogens is 624 g/mol. The Balaban J connectivity index is 1.15. The van der Waals surface area contributed by atoms with Crippen LogP contribution >= 0.6 is 0 Å². The van der Waals surface area contributed by atoms with Gasteiger partial charge in [-0.1, -0.05) is 65.8 Å². The molecule has 9 nitrogen and oxygen atoms in total. The monoisotopic (exact) mass is 678 g/mol. The fraction of sp³-hybridized carbons (Fsp3) is 0.550. The molecule has 2 aliphatic rings. The summed E-state index contributed by atoms with van der Waals surface area (Å²) in [5.41, 5.74) is 2.61. The minimum absolute atomic E-state index is 0.0116. The molecule has 0 bridgehead atoms. The van der Waals surface area contributed by atoms with Crippen LogP contribution in [0.5, 0.6) is 28.7 Å². The molecule has 0 saturated carbocycles. The van der Waals surface area contributed by atoms with E-state index in [1.165, 1.54) is 23.3 Å². The molecule has 49 heavy (non-hydrogen) atoms. The first-order valence-electron chi connectivity index (χ1n) is 17.1. The molecule has 9 heteroatoms. The van der Waals surface area contributed by atoms with Gasteiger partial charge in [-0.05, 0) is 73.9 Å². The Bertz CT molecular complexity index is 1410. The van der Waals surface area contributed by atoms with Crippen molar-refractivity contribution in [3.05, 3.63) is 77.9 Å². The predicted octanol–water partition coefficient (Wildman–Crippen LogP) is 7.94. The van der Waals surface area contributed by atoms with E-state index in [9.17, 15) is 5.11 Å². The molecule has 2 saturated heterocycles. The molecule has 2 aliphatic heterocycles. The molecular formula is C40H54O9. The van der Waals surface area contributed by atoms with E-state index in [4.69, 9.17) is 37.9 Å². The van der Waals surface area contributed by atoms with E-state index in [1.54, 1.807) is 6.07 Å². The number of aromatic hydroxyl groups is 1. The summed E-state index contributed by atoms with van der Waals surface area (Å²) in [5, 5.41) is 10.5.